The van der Waals surface area contributed by atoms with E-state index in [0.29, 0.717) is 5.69 Å². The second kappa shape index (κ2) is 9.78. The zero-order valence-corrected chi connectivity index (χ0v) is 19.5. The lowest BCUT2D eigenvalue weighted by Crippen LogP contribution is -2.40. The van der Waals surface area contributed by atoms with Gasteiger partial charge in [-0.25, -0.2) is 13.8 Å². The zero-order valence-electron chi connectivity index (χ0n) is 18.7. The number of nitrogens with zero attached hydrogens (tertiary/aromatic N) is 2. The van der Waals surface area contributed by atoms with Gasteiger partial charge in [0, 0.05) is 0 Å². The monoisotopic (exact) mass is 449 g/mol. The third-order valence-electron chi connectivity index (χ3n) is 5.00. The number of sulfonamides is 1. The lowest BCUT2D eigenvalue weighted by atomic mass is 10.1. The number of anilines is 1. The van der Waals surface area contributed by atoms with E-state index in [1.54, 1.807) is 30.3 Å². The van der Waals surface area contributed by atoms with Crippen LogP contribution < -0.4 is 9.73 Å². The Hall–Kier alpha value is -3.45. The maximum atomic E-state index is 13.5. The van der Waals surface area contributed by atoms with E-state index in [4.69, 9.17) is 0 Å². The van der Waals surface area contributed by atoms with Crippen LogP contribution in [-0.4, -0.2) is 27.1 Å². The molecule has 7 heteroatoms. The van der Waals surface area contributed by atoms with Crippen LogP contribution in [0, 0.1) is 27.7 Å². The lowest BCUT2D eigenvalue weighted by molar-refractivity contribution is -0.119. The molecular formula is C25H27N3O3S. The van der Waals surface area contributed by atoms with Crippen molar-refractivity contribution in [2.75, 3.05) is 10.8 Å². The van der Waals surface area contributed by atoms with E-state index in [9.17, 15) is 13.2 Å². The summed E-state index contributed by atoms with van der Waals surface area (Å²) in [5, 5.41) is 3.97. The first-order valence-electron chi connectivity index (χ1n) is 10.2. The number of hydrazone groups is 1. The molecule has 0 unspecified atom stereocenters. The molecule has 32 heavy (non-hydrogen) atoms. The number of carbonyl (C=O) groups is 1. The molecule has 0 aliphatic heterocycles. The smallest absolute Gasteiger partial charge is 0.264 e. The molecule has 0 radical (unpaired) electrons. The van der Waals surface area contributed by atoms with E-state index in [0.717, 1.165) is 32.1 Å². The molecule has 6 nitrogen and oxygen atoms in total. The van der Waals surface area contributed by atoms with Crippen LogP contribution in [0.3, 0.4) is 0 Å². The van der Waals surface area contributed by atoms with Crippen molar-refractivity contribution in [2.45, 2.75) is 32.6 Å². The summed E-state index contributed by atoms with van der Waals surface area (Å²) in [6.45, 7) is 7.23. The Kier molecular flexibility index (Phi) is 7.10. The second-order valence-corrected chi connectivity index (χ2v) is 9.68. The van der Waals surface area contributed by atoms with E-state index < -0.39 is 22.5 Å². The Labute approximate surface area is 189 Å². The van der Waals surface area contributed by atoms with Crippen molar-refractivity contribution in [1.29, 1.82) is 0 Å². The molecule has 0 aromatic heterocycles. The molecule has 1 amide bonds. The van der Waals surface area contributed by atoms with Gasteiger partial charge in [-0.2, -0.15) is 5.10 Å². The second-order valence-electron chi connectivity index (χ2n) is 7.82. The molecule has 3 aromatic rings. The minimum Gasteiger partial charge on any atom is -0.271 e. The average molecular weight is 450 g/mol. The summed E-state index contributed by atoms with van der Waals surface area (Å²) in [6.07, 6.45) is 1.52. The Bertz CT molecular complexity index is 1230. The zero-order chi connectivity index (χ0) is 23.3. The molecule has 0 spiro atoms. The van der Waals surface area contributed by atoms with E-state index in [-0.39, 0.29) is 4.90 Å². The van der Waals surface area contributed by atoms with Crippen LogP contribution in [0.5, 0.6) is 0 Å². The van der Waals surface area contributed by atoms with Crippen molar-refractivity contribution in [1.82, 2.24) is 5.43 Å². The number of rotatable bonds is 7. The van der Waals surface area contributed by atoms with Gasteiger partial charge < -0.3 is 0 Å². The van der Waals surface area contributed by atoms with Crippen LogP contribution in [0.25, 0.3) is 0 Å². The largest absolute Gasteiger partial charge is 0.271 e. The number of hydrogen-bond donors (Lipinski definition) is 1. The van der Waals surface area contributed by atoms with Crippen molar-refractivity contribution < 1.29 is 13.2 Å². The Morgan fingerprint density at radius 1 is 0.875 bits per heavy atom. The Morgan fingerprint density at radius 3 is 2.03 bits per heavy atom. The molecule has 0 bridgehead atoms. The number of aryl methyl sites for hydroxylation is 4. The molecule has 3 rings (SSSR count). The molecular weight excluding hydrogens is 422 g/mol. The summed E-state index contributed by atoms with van der Waals surface area (Å²) in [5.74, 6) is -0.538. The Balaban J connectivity index is 1.87. The number of carbonyl (C=O) groups excluding carboxylic acids is 1. The first kappa shape index (κ1) is 23.2. The molecule has 0 saturated heterocycles. The van der Waals surface area contributed by atoms with Crippen LogP contribution in [-0.2, 0) is 14.8 Å². The number of hydrogen-bond acceptors (Lipinski definition) is 4. The van der Waals surface area contributed by atoms with E-state index in [1.807, 2.05) is 64.1 Å². The van der Waals surface area contributed by atoms with Gasteiger partial charge >= 0.3 is 0 Å². The van der Waals surface area contributed by atoms with Gasteiger partial charge in [-0.3, -0.25) is 9.10 Å². The highest BCUT2D eigenvalue weighted by molar-refractivity contribution is 7.92. The predicted molar refractivity (Wildman–Crippen MR) is 129 cm³/mol. The van der Waals surface area contributed by atoms with Gasteiger partial charge in [0.1, 0.15) is 6.54 Å². The van der Waals surface area contributed by atoms with E-state index in [2.05, 4.69) is 10.5 Å². The van der Waals surface area contributed by atoms with Crippen molar-refractivity contribution >= 4 is 27.8 Å². The molecule has 0 aliphatic rings. The highest BCUT2D eigenvalue weighted by atomic mass is 32.2. The predicted octanol–water partition coefficient (Wildman–Crippen LogP) is 4.27. The highest BCUT2D eigenvalue weighted by Crippen LogP contribution is 2.27. The third-order valence-corrected chi connectivity index (χ3v) is 6.77. The molecule has 166 valence electrons. The summed E-state index contributed by atoms with van der Waals surface area (Å²) in [5.41, 5.74) is 7.55. The standard InChI is InChI=1S/C25H27N3O3S/c1-18-5-10-22(11-6-18)16-26-27-25(29)17-28(24-14-9-20(3)15-21(24)4)32(30,31)23-12-7-19(2)8-13-23/h5-16H,17H2,1-4H3,(H,27,29)/b26-16-. The fourth-order valence-electron chi connectivity index (χ4n) is 3.22. The van der Waals surface area contributed by atoms with Gasteiger partial charge in [0.2, 0.25) is 0 Å². The summed E-state index contributed by atoms with van der Waals surface area (Å²) in [6, 6.07) is 19.7. The van der Waals surface area contributed by atoms with Crippen LogP contribution in [0.4, 0.5) is 5.69 Å². The molecule has 0 aliphatic carbocycles. The maximum Gasteiger partial charge on any atom is 0.264 e. The Morgan fingerprint density at radius 2 is 1.44 bits per heavy atom. The fraction of sp³-hybridized carbons (Fsp3) is 0.200. The summed E-state index contributed by atoms with van der Waals surface area (Å²) in [7, 11) is -3.96. The van der Waals surface area contributed by atoms with Crippen LogP contribution >= 0.6 is 0 Å². The van der Waals surface area contributed by atoms with Crippen molar-refractivity contribution in [2.24, 2.45) is 5.10 Å². The lowest BCUT2D eigenvalue weighted by Gasteiger charge is -2.25. The summed E-state index contributed by atoms with van der Waals surface area (Å²) < 4.78 is 28.0. The first-order chi connectivity index (χ1) is 15.2. The quantitative estimate of drug-likeness (QED) is 0.432. The molecule has 0 atom stereocenters. The molecule has 0 heterocycles. The van der Waals surface area contributed by atoms with Crippen LogP contribution in [0.15, 0.2) is 76.7 Å². The highest BCUT2D eigenvalue weighted by Gasteiger charge is 2.28. The van der Waals surface area contributed by atoms with Gasteiger partial charge in [-0.1, -0.05) is 65.2 Å². The van der Waals surface area contributed by atoms with Crippen molar-refractivity contribution in [3.8, 4) is 0 Å². The fourth-order valence-corrected chi connectivity index (χ4v) is 4.70. The summed E-state index contributed by atoms with van der Waals surface area (Å²) in [4.78, 5) is 12.8. The van der Waals surface area contributed by atoms with E-state index in [1.165, 1.54) is 6.21 Å². The maximum absolute atomic E-state index is 13.5. The van der Waals surface area contributed by atoms with Crippen LogP contribution in [0.2, 0.25) is 0 Å². The van der Waals surface area contributed by atoms with Gasteiger partial charge in [-0.05, 0) is 57.0 Å². The number of amides is 1. The van der Waals surface area contributed by atoms with E-state index >= 15 is 0 Å². The molecule has 0 saturated carbocycles. The van der Waals surface area contributed by atoms with Crippen LogP contribution in [0.1, 0.15) is 27.8 Å². The molecule has 0 fully saturated rings. The number of benzene rings is 3. The minimum atomic E-state index is -3.96. The topological polar surface area (TPSA) is 78.8 Å². The third kappa shape index (κ3) is 5.62. The van der Waals surface area contributed by atoms with Gasteiger partial charge in [0.25, 0.3) is 15.9 Å². The van der Waals surface area contributed by atoms with Gasteiger partial charge in [0.15, 0.2) is 0 Å². The minimum absolute atomic E-state index is 0.124. The summed E-state index contributed by atoms with van der Waals surface area (Å²) >= 11 is 0. The first-order valence-corrected chi connectivity index (χ1v) is 11.7. The molecule has 1 N–H and O–H groups in total. The number of nitrogens with one attached hydrogen (secondary N) is 1. The SMILES string of the molecule is Cc1ccc(/C=N\NC(=O)CN(c2ccc(C)cc2C)S(=O)(=O)c2ccc(C)cc2)cc1. The normalized spacial score (nSPS) is 11.5. The molecule has 3 aromatic carbocycles. The van der Waals surface area contributed by atoms with Crippen molar-refractivity contribution in [3.05, 3.63) is 94.5 Å². The van der Waals surface area contributed by atoms with Gasteiger partial charge in [-0.15, -0.1) is 0 Å². The average Bonchev–Trinajstić information content (AvgIpc) is 2.74. The van der Waals surface area contributed by atoms with Gasteiger partial charge in [0.05, 0.1) is 16.8 Å². The van der Waals surface area contributed by atoms with Crippen molar-refractivity contribution in [3.63, 3.8) is 0 Å².